The molecule has 0 radical (unpaired) electrons. The summed E-state index contributed by atoms with van der Waals surface area (Å²) in [6.45, 7) is 2.29. The molecule has 2 heterocycles. The van der Waals surface area contributed by atoms with Crippen molar-refractivity contribution in [1.82, 2.24) is 9.80 Å². The van der Waals surface area contributed by atoms with E-state index in [9.17, 15) is 9.59 Å². The number of nitrogens with zero attached hydrogens (tertiary/aromatic N) is 2. The molecule has 0 aliphatic carbocycles. The molecular formula is C13H22N2O3. The monoisotopic (exact) mass is 254 g/mol. The zero-order chi connectivity index (χ0) is 13.1. The summed E-state index contributed by atoms with van der Waals surface area (Å²) in [5.74, 6) is -0.793. The van der Waals surface area contributed by atoms with Gasteiger partial charge in [0.25, 0.3) is 0 Å². The lowest BCUT2D eigenvalue weighted by atomic mass is 9.96. The van der Waals surface area contributed by atoms with E-state index in [4.69, 9.17) is 5.11 Å². The highest BCUT2D eigenvalue weighted by atomic mass is 16.4. The summed E-state index contributed by atoms with van der Waals surface area (Å²) < 4.78 is 0. The van der Waals surface area contributed by atoms with Crippen LogP contribution in [0.1, 0.15) is 32.1 Å². The van der Waals surface area contributed by atoms with Crippen LogP contribution >= 0.6 is 0 Å². The normalized spacial score (nSPS) is 26.5. The first kappa shape index (κ1) is 13.3. The predicted octanol–water partition coefficient (Wildman–Crippen LogP) is 0.794. The van der Waals surface area contributed by atoms with E-state index < -0.39 is 5.97 Å². The minimum atomic E-state index is -0.724. The average molecular weight is 254 g/mol. The van der Waals surface area contributed by atoms with E-state index in [2.05, 4.69) is 11.9 Å². The van der Waals surface area contributed by atoms with Gasteiger partial charge in [-0.15, -0.1) is 0 Å². The Labute approximate surface area is 108 Å². The van der Waals surface area contributed by atoms with Crippen molar-refractivity contribution >= 4 is 11.9 Å². The molecule has 5 heteroatoms. The standard InChI is InChI=1S/C13H22N2O3/c1-14-6-2-3-11(14)9-12(16)15-7-4-10(5-8-15)13(17)18/h10-11H,2-9H2,1H3,(H,17,18)/t11-/m0/s1. The largest absolute Gasteiger partial charge is 0.481 e. The van der Waals surface area contributed by atoms with Crippen LogP contribution in [0, 0.1) is 5.92 Å². The topological polar surface area (TPSA) is 60.9 Å². The first-order chi connectivity index (χ1) is 8.58. The Morgan fingerprint density at radius 1 is 1.17 bits per heavy atom. The van der Waals surface area contributed by atoms with Gasteiger partial charge in [-0.25, -0.2) is 0 Å². The molecule has 0 spiro atoms. The number of amides is 1. The van der Waals surface area contributed by atoms with E-state index in [0.717, 1.165) is 13.0 Å². The van der Waals surface area contributed by atoms with Crippen LogP contribution in [0.4, 0.5) is 0 Å². The van der Waals surface area contributed by atoms with Crippen molar-refractivity contribution in [3.05, 3.63) is 0 Å². The number of hydrogen-bond acceptors (Lipinski definition) is 3. The third kappa shape index (κ3) is 3.02. The van der Waals surface area contributed by atoms with Gasteiger partial charge in [0.15, 0.2) is 0 Å². The van der Waals surface area contributed by atoms with Crippen LogP contribution in [-0.4, -0.2) is 59.5 Å². The highest BCUT2D eigenvalue weighted by Crippen LogP contribution is 2.22. The Morgan fingerprint density at radius 2 is 1.83 bits per heavy atom. The minimum Gasteiger partial charge on any atom is -0.481 e. The van der Waals surface area contributed by atoms with Crippen LogP contribution in [0.2, 0.25) is 0 Å². The molecule has 0 saturated carbocycles. The minimum absolute atomic E-state index is 0.192. The first-order valence-corrected chi connectivity index (χ1v) is 6.78. The molecule has 5 nitrogen and oxygen atoms in total. The molecule has 0 aromatic heterocycles. The SMILES string of the molecule is CN1CCC[C@H]1CC(=O)N1CCC(C(=O)O)CC1. The number of piperidine rings is 1. The number of aliphatic carboxylic acids is 1. The number of rotatable bonds is 3. The number of carbonyl (C=O) groups is 2. The van der Waals surface area contributed by atoms with Gasteiger partial charge in [0.05, 0.1) is 5.92 Å². The summed E-state index contributed by atoms with van der Waals surface area (Å²) in [5.41, 5.74) is 0. The number of carboxylic acids is 1. The zero-order valence-corrected chi connectivity index (χ0v) is 11.0. The molecule has 2 saturated heterocycles. The van der Waals surface area contributed by atoms with E-state index in [1.54, 1.807) is 0 Å². The van der Waals surface area contributed by atoms with Crippen LogP contribution in [0.5, 0.6) is 0 Å². The summed E-state index contributed by atoms with van der Waals surface area (Å²) in [6, 6.07) is 0.384. The van der Waals surface area contributed by atoms with Crippen molar-refractivity contribution < 1.29 is 14.7 Å². The Bertz CT molecular complexity index is 324. The maximum atomic E-state index is 12.1. The summed E-state index contributed by atoms with van der Waals surface area (Å²) in [5, 5.41) is 8.92. The van der Waals surface area contributed by atoms with E-state index in [-0.39, 0.29) is 11.8 Å². The van der Waals surface area contributed by atoms with Crippen LogP contribution in [0.3, 0.4) is 0 Å². The molecule has 0 aromatic carbocycles. The lowest BCUT2D eigenvalue weighted by Gasteiger charge is -2.31. The van der Waals surface area contributed by atoms with Crippen molar-refractivity contribution in [3.8, 4) is 0 Å². The fourth-order valence-electron chi connectivity index (χ4n) is 2.94. The van der Waals surface area contributed by atoms with E-state index in [0.29, 0.717) is 38.4 Å². The van der Waals surface area contributed by atoms with Gasteiger partial charge in [-0.1, -0.05) is 0 Å². The number of carbonyl (C=O) groups excluding carboxylic acids is 1. The van der Waals surface area contributed by atoms with E-state index in [1.807, 2.05) is 4.90 Å². The first-order valence-electron chi connectivity index (χ1n) is 6.78. The smallest absolute Gasteiger partial charge is 0.306 e. The highest BCUT2D eigenvalue weighted by molar-refractivity contribution is 5.77. The van der Waals surface area contributed by atoms with Gasteiger partial charge in [-0.3, -0.25) is 9.59 Å². The summed E-state index contributed by atoms with van der Waals surface area (Å²) >= 11 is 0. The molecule has 1 atom stereocenters. The van der Waals surface area contributed by atoms with Crippen LogP contribution in [0.25, 0.3) is 0 Å². The van der Waals surface area contributed by atoms with Gasteiger partial charge in [-0.2, -0.15) is 0 Å². The van der Waals surface area contributed by atoms with Gasteiger partial charge in [-0.05, 0) is 39.3 Å². The number of hydrogen-bond donors (Lipinski definition) is 1. The Kier molecular flexibility index (Phi) is 4.22. The van der Waals surface area contributed by atoms with Crippen LogP contribution < -0.4 is 0 Å². The quantitative estimate of drug-likeness (QED) is 0.809. The lowest BCUT2D eigenvalue weighted by molar-refractivity contribution is -0.145. The Balaban J connectivity index is 1.79. The molecule has 0 unspecified atom stereocenters. The van der Waals surface area contributed by atoms with Gasteiger partial charge in [0, 0.05) is 25.6 Å². The van der Waals surface area contributed by atoms with E-state index in [1.165, 1.54) is 6.42 Å². The van der Waals surface area contributed by atoms with Gasteiger partial charge in [0.1, 0.15) is 0 Å². The molecule has 1 amide bonds. The number of carboxylic acid groups (broad SMARTS) is 1. The van der Waals surface area contributed by atoms with Crippen molar-refractivity contribution in [1.29, 1.82) is 0 Å². The summed E-state index contributed by atoms with van der Waals surface area (Å²) in [7, 11) is 2.07. The third-order valence-corrected chi connectivity index (χ3v) is 4.28. The molecule has 2 aliphatic rings. The summed E-state index contributed by atoms with van der Waals surface area (Å²) in [4.78, 5) is 27.1. The molecule has 2 rings (SSSR count). The third-order valence-electron chi connectivity index (χ3n) is 4.28. The second kappa shape index (κ2) is 5.69. The molecular weight excluding hydrogens is 232 g/mol. The number of likely N-dealkylation sites (tertiary alicyclic amines) is 2. The van der Waals surface area contributed by atoms with Gasteiger partial charge >= 0.3 is 5.97 Å². The zero-order valence-electron chi connectivity index (χ0n) is 11.0. The van der Waals surface area contributed by atoms with Gasteiger partial charge < -0.3 is 14.9 Å². The molecule has 102 valence electrons. The fourth-order valence-corrected chi connectivity index (χ4v) is 2.94. The molecule has 0 aromatic rings. The van der Waals surface area contributed by atoms with Crippen molar-refractivity contribution in [2.45, 2.75) is 38.1 Å². The predicted molar refractivity (Wildman–Crippen MR) is 67.2 cm³/mol. The van der Waals surface area contributed by atoms with Crippen molar-refractivity contribution in [3.63, 3.8) is 0 Å². The molecule has 1 N–H and O–H groups in total. The van der Waals surface area contributed by atoms with Crippen LogP contribution in [-0.2, 0) is 9.59 Å². The van der Waals surface area contributed by atoms with Crippen molar-refractivity contribution in [2.75, 3.05) is 26.7 Å². The molecule has 2 aliphatic heterocycles. The molecule has 2 fully saturated rings. The fraction of sp³-hybridized carbons (Fsp3) is 0.846. The summed E-state index contributed by atoms with van der Waals surface area (Å²) in [6.07, 6.45) is 4.07. The Hall–Kier alpha value is -1.10. The maximum Gasteiger partial charge on any atom is 0.306 e. The maximum absolute atomic E-state index is 12.1. The molecule has 0 bridgehead atoms. The van der Waals surface area contributed by atoms with E-state index >= 15 is 0 Å². The molecule has 18 heavy (non-hydrogen) atoms. The second-order valence-electron chi connectivity index (χ2n) is 5.47. The van der Waals surface area contributed by atoms with Gasteiger partial charge in [0.2, 0.25) is 5.91 Å². The average Bonchev–Trinajstić information content (AvgIpc) is 2.75. The highest BCUT2D eigenvalue weighted by Gasteiger charge is 2.30. The van der Waals surface area contributed by atoms with Crippen molar-refractivity contribution in [2.24, 2.45) is 5.92 Å². The Morgan fingerprint density at radius 3 is 2.33 bits per heavy atom. The second-order valence-corrected chi connectivity index (χ2v) is 5.47. The lowest BCUT2D eigenvalue weighted by Crippen LogP contribution is -2.42. The van der Waals surface area contributed by atoms with Crippen LogP contribution in [0.15, 0.2) is 0 Å².